The van der Waals surface area contributed by atoms with Crippen LogP contribution >= 0.6 is 23.2 Å². The van der Waals surface area contributed by atoms with Gasteiger partial charge in [-0.1, -0.05) is 19.8 Å². The van der Waals surface area contributed by atoms with Gasteiger partial charge in [0.15, 0.2) is 0 Å². The summed E-state index contributed by atoms with van der Waals surface area (Å²) in [6.45, 7) is 2.17. The third-order valence-corrected chi connectivity index (χ3v) is 3.44. The van der Waals surface area contributed by atoms with Gasteiger partial charge in [-0.15, -0.1) is 23.2 Å². The van der Waals surface area contributed by atoms with Gasteiger partial charge in [0.05, 0.1) is 0 Å². The van der Waals surface area contributed by atoms with Crippen molar-refractivity contribution in [2.24, 2.45) is 5.92 Å². The Labute approximate surface area is 72.9 Å². The summed E-state index contributed by atoms with van der Waals surface area (Å²) in [7, 11) is 0. The highest BCUT2D eigenvalue weighted by atomic mass is 35.5. The Bertz CT molecular complexity index is 93.4. The van der Waals surface area contributed by atoms with Crippen LogP contribution in [0.4, 0.5) is 0 Å². The van der Waals surface area contributed by atoms with E-state index in [0.717, 1.165) is 19.3 Å². The number of hydrogen-bond donors (Lipinski definition) is 0. The van der Waals surface area contributed by atoms with Gasteiger partial charge in [0.1, 0.15) is 0 Å². The lowest BCUT2D eigenvalue weighted by molar-refractivity contribution is 0.364. The summed E-state index contributed by atoms with van der Waals surface area (Å²) in [6.07, 6.45) is 4.65. The first-order valence-electron chi connectivity index (χ1n) is 4.03. The van der Waals surface area contributed by atoms with Crippen LogP contribution in [-0.4, -0.2) is 10.8 Å². The van der Waals surface area contributed by atoms with E-state index in [-0.39, 0.29) is 0 Å². The Morgan fingerprint density at radius 3 is 2.00 bits per heavy atom. The predicted molar refractivity (Wildman–Crippen MR) is 46.9 cm³/mol. The summed E-state index contributed by atoms with van der Waals surface area (Å²) in [5.74, 6) is 0.553. The zero-order chi connectivity index (χ0) is 7.56. The van der Waals surface area contributed by atoms with Crippen LogP contribution in [0.25, 0.3) is 0 Å². The summed E-state index contributed by atoms with van der Waals surface area (Å²) in [5, 5.41) is 0.669. The SMILES string of the molecule is CCC1C(Cl)CCCC1Cl. The van der Waals surface area contributed by atoms with Crippen molar-refractivity contribution in [3.63, 3.8) is 0 Å². The smallest absolute Gasteiger partial charge is 0.0378 e. The van der Waals surface area contributed by atoms with E-state index in [0.29, 0.717) is 16.7 Å². The van der Waals surface area contributed by atoms with E-state index in [1.165, 1.54) is 6.42 Å². The van der Waals surface area contributed by atoms with Crippen LogP contribution in [0.5, 0.6) is 0 Å². The molecule has 60 valence electrons. The molecule has 0 amide bonds. The maximum atomic E-state index is 6.09. The maximum absolute atomic E-state index is 6.09. The largest absolute Gasteiger partial charge is 0.123 e. The van der Waals surface area contributed by atoms with Crippen molar-refractivity contribution >= 4 is 23.2 Å². The average molecular weight is 181 g/mol. The highest BCUT2D eigenvalue weighted by molar-refractivity contribution is 6.24. The van der Waals surface area contributed by atoms with Crippen molar-refractivity contribution in [2.75, 3.05) is 0 Å². The van der Waals surface area contributed by atoms with E-state index >= 15 is 0 Å². The van der Waals surface area contributed by atoms with Crippen LogP contribution in [0.3, 0.4) is 0 Å². The van der Waals surface area contributed by atoms with Gasteiger partial charge >= 0.3 is 0 Å². The predicted octanol–water partition coefficient (Wildman–Crippen LogP) is 3.41. The topological polar surface area (TPSA) is 0 Å². The quantitative estimate of drug-likeness (QED) is 0.543. The van der Waals surface area contributed by atoms with Crippen LogP contribution in [0.1, 0.15) is 32.6 Å². The van der Waals surface area contributed by atoms with Crippen molar-refractivity contribution in [3.05, 3.63) is 0 Å². The molecule has 1 saturated carbocycles. The van der Waals surface area contributed by atoms with Gasteiger partial charge in [0.2, 0.25) is 0 Å². The van der Waals surface area contributed by atoms with Gasteiger partial charge in [-0.25, -0.2) is 0 Å². The van der Waals surface area contributed by atoms with E-state index in [4.69, 9.17) is 23.2 Å². The van der Waals surface area contributed by atoms with Gasteiger partial charge in [-0.3, -0.25) is 0 Å². The first-order chi connectivity index (χ1) is 4.75. The average Bonchev–Trinajstić information content (AvgIpc) is 1.88. The number of rotatable bonds is 1. The number of halogens is 2. The summed E-state index contributed by atoms with van der Waals surface area (Å²) in [4.78, 5) is 0. The van der Waals surface area contributed by atoms with E-state index in [1.807, 2.05) is 0 Å². The molecule has 0 nitrogen and oxygen atoms in total. The normalized spacial score (nSPS) is 41.7. The van der Waals surface area contributed by atoms with E-state index in [1.54, 1.807) is 0 Å². The van der Waals surface area contributed by atoms with Crippen LogP contribution in [0, 0.1) is 5.92 Å². The molecular weight excluding hydrogens is 167 g/mol. The molecule has 1 fully saturated rings. The molecule has 0 aromatic heterocycles. The lowest BCUT2D eigenvalue weighted by atomic mass is 9.86. The molecular formula is C8H14Cl2. The highest BCUT2D eigenvalue weighted by Gasteiger charge is 2.28. The standard InChI is InChI=1S/C8H14Cl2/c1-2-6-7(9)4-3-5-8(6)10/h6-8H,2-5H2,1H3. The first-order valence-corrected chi connectivity index (χ1v) is 4.91. The zero-order valence-corrected chi connectivity index (χ0v) is 7.83. The fourth-order valence-corrected chi connectivity index (χ4v) is 2.76. The minimum absolute atomic E-state index is 0.334. The molecule has 2 unspecified atom stereocenters. The summed E-state index contributed by atoms with van der Waals surface area (Å²) < 4.78 is 0. The molecule has 1 aliphatic rings. The second-order valence-electron chi connectivity index (χ2n) is 3.03. The second kappa shape index (κ2) is 3.82. The lowest BCUT2D eigenvalue weighted by Gasteiger charge is -2.30. The van der Waals surface area contributed by atoms with Crippen LogP contribution in [0.2, 0.25) is 0 Å². The molecule has 0 saturated heterocycles. The Hall–Kier alpha value is 0.580. The lowest BCUT2D eigenvalue weighted by Crippen LogP contribution is -2.28. The van der Waals surface area contributed by atoms with Gasteiger partial charge in [-0.05, 0) is 18.8 Å². The van der Waals surface area contributed by atoms with Crippen LogP contribution in [0.15, 0.2) is 0 Å². The fraction of sp³-hybridized carbons (Fsp3) is 1.00. The Morgan fingerprint density at radius 1 is 1.20 bits per heavy atom. The van der Waals surface area contributed by atoms with Gasteiger partial charge in [0, 0.05) is 10.8 Å². The second-order valence-corrected chi connectivity index (χ2v) is 4.16. The van der Waals surface area contributed by atoms with Gasteiger partial charge in [-0.2, -0.15) is 0 Å². The van der Waals surface area contributed by atoms with Crippen molar-refractivity contribution in [3.8, 4) is 0 Å². The third-order valence-electron chi connectivity index (χ3n) is 2.36. The van der Waals surface area contributed by atoms with Crippen molar-refractivity contribution in [1.29, 1.82) is 0 Å². The minimum atomic E-state index is 0.334. The fourth-order valence-electron chi connectivity index (χ4n) is 1.67. The molecule has 0 spiro atoms. The minimum Gasteiger partial charge on any atom is -0.123 e. The van der Waals surface area contributed by atoms with E-state index in [9.17, 15) is 0 Å². The maximum Gasteiger partial charge on any atom is 0.0378 e. The molecule has 0 aromatic carbocycles. The molecule has 0 bridgehead atoms. The van der Waals surface area contributed by atoms with E-state index < -0.39 is 0 Å². The van der Waals surface area contributed by atoms with Crippen molar-refractivity contribution < 1.29 is 0 Å². The Kier molecular flexibility index (Phi) is 3.32. The van der Waals surface area contributed by atoms with E-state index in [2.05, 4.69) is 6.92 Å². The van der Waals surface area contributed by atoms with Crippen LogP contribution < -0.4 is 0 Å². The molecule has 2 atom stereocenters. The molecule has 0 aliphatic heterocycles. The molecule has 1 aliphatic carbocycles. The monoisotopic (exact) mass is 180 g/mol. The number of hydrogen-bond acceptors (Lipinski definition) is 0. The molecule has 1 rings (SSSR count). The number of alkyl halides is 2. The zero-order valence-electron chi connectivity index (χ0n) is 6.32. The van der Waals surface area contributed by atoms with Gasteiger partial charge in [0.25, 0.3) is 0 Å². The molecule has 0 N–H and O–H groups in total. The molecule has 0 radical (unpaired) electrons. The Balaban J connectivity index is 2.45. The Morgan fingerprint density at radius 2 is 1.70 bits per heavy atom. The molecule has 10 heavy (non-hydrogen) atoms. The van der Waals surface area contributed by atoms with Crippen molar-refractivity contribution in [1.82, 2.24) is 0 Å². The molecule has 0 aromatic rings. The summed E-state index contributed by atoms with van der Waals surface area (Å²) >= 11 is 12.2. The van der Waals surface area contributed by atoms with Crippen LogP contribution in [-0.2, 0) is 0 Å². The highest BCUT2D eigenvalue weighted by Crippen LogP contribution is 2.34. The van der Waals surface area contributed by atoms with Crippen molar-refractivity contribution in [2.45, 2.75) is 43.4 Å². The third kappa shape index (κ3) is 1.79. The summed E-state index contributed by atoms with van der Waals surface area (Å²) in [6, 6.07) is 0. The molecule has 2 heteroatoms. The molecule has 0 heterocycles. The summed E-state index contributed by atoms with van der Waals surface area (Å²) in [5.41, 5.74) is 0. The first kappa shape index (κ1) is 8.67. The van der Waals surface area contributed by atoms with Gasteiger partial charge < -0.3 is 0 Å².